The first kappa shape index (κ1) is 10.6. The molecule has 6 nitrogen and oxygen atoms in total. The molecule has 0 saturated carbocycles. The van der Waals surface area contributed by atoms with Gasteiger partial charge in [0.15, 0.2) is 0 Å². The number of nitrogen functional groups attached to an aromatic ring is 1. The summed E-state index contributed by atoms with van der Waals surface area (Å²) in [6.45, 7) is 0. The third kappa shape index (κ3) is 2.08. The lowest BCUT2D eigenvalue weighted by molar-refractivity contribution is 0.0950. The molecule has 0 bridgehead atoms. The highest BCUT2D eigenvalue weighted by atomic mass is 32.2. The van der Waals surface area contributed by atoms with Gasteiger partial charge in [0.1, 0.15) is 4.90 Å². The van der Waals surface area contributed by atoms with Crippen LogP contribution in [0, 0.1) is 0 Å². The van der Waals surface area contributed by atoms with E-state index in [1.807, 2.05) is 0 Å². The van der Waals surface area contributed by atoms with Gasteiger partial charge >= 0.3 is 0 Å². The normalized spacial score (nSPS) is 11.0. The third-order valence-corrected chi connectivity index (χ3v) is 2.45. The van der Waals surface area contributed by atoms with Crippen LogP contribution in [0.5, 0.6) is 0 Å². The molecule has 76 valence electrons. The van der Waals surface area contributed by atoms with Crippen LogP contribution in [0.1, 0.15) is 10.4 Å². The van der Waals surface area contributed by atoms with Gasteiger partial charge in [-0.15, -0.1) is 0 Å². The van der Waals surface area contributed by atoms with Crippen molar-refractivity contribution >= 4 is 16.0 Å². The number of carbonyl (C=O) groups is 1. The van der Waals surface area contributed by atoms with Crippen molar-refractivity contribution in [3.63, 3.8) is 0 Å². The molecule has 0 aromatic heterocycles. The molecule has 1 aromatic rings. The van der Waals surface area contributed by atoms with Crippen LogP contribution in [0.2, 0.25) is 0 Å². The molecule has 0 aliphatic carbocycles. The monoisotopic (exact) mass is 216 g/mol. The lowest BCUT2D eigenvalue weighted by Gasteiger charge is -2.04. The Morgan fingerprint density at radius 2 is 1.93 bits per heavy atom. The highest BCUT2D eigenvalue weighted by Crippen LogP contribution is 2.14. The van der Waals surface area contributed by atoms with Crippen molar-refractivity contribution in [1.29, 1.82) is 0 Å². The Hall–Kier alpha value is -1.44. The van der Waals surface area contributed by atoms with Gasteiger partial charge in [0.05, 0.1) is 5.56 Å². The van der Waals surface area contributed by atoms with Crippen molar-refractivity contribution in [3.05, 3.63) is 29.8 Å². The van der Waals surface area contributed by atoms with Gasteiger partial charge in [0, 0.05) is 0 Å². The molecular weight excluding hydrogens is 208 g/mol. The van der Waals surface area contributed by atoms with Gasteiger partial charge in [-0.3, -0.25) is 14.8 Å². The minimum Gasteiger partial charge on any atom is -0.290 e. The lowest BCUT2D eigenvalue weighted by atomic mass is 10.2. The highest BCUT2D eigenvalue weighted by molar-refractivity contribution is 7.86. The molecule has 0 aliphatic heterocycles. The topological polar surface area (TPSA) is 109 Å². The average molecular weight is 216 g/mol. The van der Waals surface area contributed by atoms with E-state index in [0.717, 1.165) is 6.07 Å². The van der Waals surface area contributed by atoms with Gasteiger partial charge in [-0.25, -0.2) is 5.84 Å². The van der Waals surface area contributed by atoms with Crippen LogP contribution in [0.4, 0.5) is 0 Å². The minimum absolute atomic E-state index is 0.197. The number of hydrogen-bond acceptors (Lipinski definition) is 4. The van der Waals surface area contributed by atoms with E-state index in [1.54, 1.807) is 5.43 Å². The van der Waals surface area contributed by atoms with Crippen LogP contribution in [0.15, 0.2) is 29.2 Å². The van der Waals surface area contributed by atoms with Crippen molar-refractivity contribution in [3.8, 4) is 0 Å². The molecule has 0 unspecified atom stereocenters. The van der Waals surface area contributed by atoms with Gasteiger partial charge in [-0.1, -0.05) is 12.1 Å². The molecule has 0 saturated heterocycles. The van der Waals surface area contributed by atoms with E-state index in [1.165, 1.54) is 18.2 Å². The Morgan fingerprint density at radius 3 is 2.43 bits per heavy atom. The highest BCUT2D eigenvalue weighted by Gasteiger charge is 2.18. The maximum absolute atomic E-state index is 11.1. The first-order valence-corrected chi connectivity index (χ1v) is 4.98. The van der Waals surface area contributed by atoms with Crippen LogP contribution in [0.25, 0.3) is 0 Å². The zero-order chi connectivity index (χ0) is 10.8. The maximum atomic E-state index is 11.1. The second-order valence-corrected chi connectivity index (χ2v) is 3.83. The summed E-state index contributed by atoms with van der Waals surface area (Å²) in [4.78, 5) is 10.6. The Morgan fingerprint density at radius 1 is 1.36 bits per heavy atom. The Kier molecular flexibility index (Phi) is 2.84. The van der Waals surface area contributed by atoms with E-state index in [9.17, 15) is 13.2 Å². The Balaban J connectivity index is 3.38. The number of benzene rings is 1. The van der Waals surface area contributed by atoms with Crippen molar-refractivity contribution < 1.29 is 17.8 Å². The molecule has 0 radical (unpaired) electrons. The largest absolute Gasteiger partial charge is 0.295 e. The number of carbonyl (C=O) groups excluding carboxylic acids is 1. The molecular formula is C7H8N2O4S. The lowest BCUT2D eigenvalue weighted by Crippen LogP contribution is -2.31. The summed E-state index contributed by atoms with van der Waals surface area (Å²) in [5.74, 6) is 4.06. The summed E-state index contributed by atoms with van der Waals surface area (Å²) in [5.41, 5.74) is 1.58. The summed E-state index contributed by atoms with van der Waals surface area (Å²) in [5, 5.41) is 0. The van der Waals surface area contributed by atoms with Gasteiger partial charge in [-0.2, -0.15) is 8.42 Å². The molecule has 7 heteroatoms. The summed E-state index contributed by atoms with van der Waals surface area (Å²) in [6.07, 6.45) is 0. The Bertz CT molecular complexity index is 455. The van der Waals surface area contributed by atoms with Crippen LogP contribution in [0.3, 0.4) is 0 Å². The fraction of sp³-hybridized carbons (Fsp3) is 0. The number of nitrogens with one attached hydrogen (secondary N) is 1. The summed E-state index contributed by atoms with van der Waals surface area (Å²) < 4.78 is 30.4. The van der Waals surface area contributed by atoms with Crippen LogP contribution >= 0.6 is 0 Å². The summed E-state index contributed by atoms with van der Waals surface area (Å²) in [7, 11) is -4.40. The van der Waals surface area contributed by atoms with Crippen molar-refractivity contribution in [2.24, 2.45) is 5.84 Å². The van der Waals surface area contributed by atoms with Gasteiger partial charge in [-0.05, 0) is 12.1 Å². The van der Waals surface area contributed by atoms with Crippen LogP contribution < -0.4 is 11.3 Å². The quantitative estimate of drug-likeness (QED) is 0.268. The molecule has 1 rings (SSSR count). The molecule has 0 heterocycles. The predicted octanol–water partition coefficient (Wildman–Crippen LogP) is -0.463. The SMILES string of the molecule is NNC(=O)c1ccccc1S(=O)(=O)O. The third-order valence-electron chi connectivity index (χ3n) is 1.54. The minimum atomic E-state index is -4.40. The first-order chi connectivity index (χ1) is 6.46. The van der Waals surface area contributed by atoms with Crippen molar-refractivity contribution in [2.45, 2.75) is 4.90 Å². The Labute approximate surface area is 80.4 Å². The summed E-state index contributed by atoms with van der Waals surface area (Å²) >= 11 is 0. The van der Waals surface area contributed by atoms with E-state index in [4.69, 9.17) is 10.4 Å². The molecule has 4 N–H and O–H groups in total. The van der Waals surface area contributed by atoms with E-state index in [-0.39, 0.29) is 5.56 Å². The van der Waals surface area contributed by atoms with Crippen LogP contribution in [-0.2, 0) is 10.1 Å². The standard InChI is InChI=1S/C7H8N2O4S/c8-9-7(10)5-3-1-2-4-6(5)14(11,12)13/h1-4H,8H2,(H,9,10)(H,11,12,13). The molecule has 1 aromatic carbocycles. The number of rotatable bonds is 2. The molecule has 0 fully saturated rings. The zero-order valence-corrected chi connectivity index (χ0v) is 7.78. The van der Waals surface area contributed by atoms with E-state index < -0.39 is 20.9 Å². The number of nitrogens with two attached hydrogens (primary N) is 1. The second kappa shape index (κ2) is 3.74. The number of amides is 1. The van der Waals surface area contributed by atoms with Gasteiger partial charge in [0.2, 0.25) is 0 Å². The molecule has 0 spiro atoms. The fourth-order valence-corrected chi connectivity index (χ4v) is 1.65. The van der Waals surface area contributed by atoms with E-state index in [2.05, 4.69) is 0 Å². The van der Waals surface area contributed by atoms with Gasteiger partial charge in [0.25, 0.3) is 16.0 Å². The van der Waals surface area contributed by atoms with Crippen molar-refractivity contribution in [1.82, 2.24) is 5.43 Å². The van der Waals surface area contributed by atoms with Crippen molar-refractivity contribution in [2.75, 3.05) is 0 Å². The zero-order valence-electron chi connectivity index (χ0n) is 6.97. The second-order valence-electron chi connectivity index (χ2n) is 2.44. The first-order valence-electron chi connectivity index (χ1n) is 3.54. The van der Waals surface area contributed by atoms with E-state index >= 15 is 0 Å². The summed E-state index contributed by atoms with van der Waals surface area (Å²) in [6, 6.07) is 5.20. The average Bonchev–Trinajstić information content (AvgIpc) is 2.15. The van der Waals surface area contributed by atoms with Crippen LogP contribution in [-0.4, -0.2) is 18.9 Å². The maximum Gasteiger partial charge on any atom is 0.295 e. The van der Waals surface area contributed by atoms with Gasteiger partial charge < -0.3 is 0 Å². The molecule has 1 amide bonds. The fourth-order valence-electron chi connectivity index (χ4n) is 0.957. The number of hydrazine groups is 1. The number of hydrogen-bond donors (Lipinski definition) is 3. The smallest absolute Gasteiger partial charge is 0.290 e. The molecule has 0 aliphatic rings. The molecule has 14 heavy (non-hydrogen) atoms. The van der Waals surface area contributed by atoms with E-state index in [0.29, 0.717) is 0 Å². The predicted molar refractivity (Wildman–Crippen MR) is 47.9 cm³/mol. The molecule has 0 atom stereocenters.